The molecule has 1 unspecified atom stereocenters. The predicted molar refractivity (Wildman–Crippen MR) is 110 cm³/mol. The molecule has 2 rings (SSSR count). The van der Waals surface area contributed by atoms with Gasteiger partial charge in [-0.3, -0.25) is 9.59 Å². The monoisotopic (exact) mass is 374 g/mol. The average Bonchev–Trinajstić information content (AvgIpc) is 2.62. The molecule has 1 saturated carbocycles. The molecular weight excluding hydrogens is 338 g/mol. The molecule has 1 fully saturated rings. The molecule has 5 nitrogen and oxygen atoms in total. The summed E-state index contributed by atoms with van der Waals surface area (Å²) in [4.78, 5) is 26.0. The number of hydrogen-bond acceptors (Lipinski definition) is 2. The normalized spacial score (nSPS) is 24.7. The molecule has 2 amide bonds. The van der Waals surface area contributed by atoms with E-state index in [1.807, 2.05) is 46.0 Å². The van der Waals surface area contributed by atoms with E-state index in [1.54, 1.807) is 0 Å². The van der Waals surface area contributed by atoms with Gasteiger partial charge in [-0.25, -0.2) is 0 Å². The molecule has 0 spiro atoms. The third-order valence-corrected chi connectivity index (χ3v) is 6.49. The lowest BCUT2D eigenvalue weighted by Gasteiger charge is -2.35. The van der Waals surface area contributed by atoms with Crippen LogP contribution in [0, 0.1) is 25.7 Å². The standard InChI is InChI=1S/C22H35N3O2/c1-14-9-7-11-19(16(14)3)23-21(26)13-25(6)18(5)22(27)24-20-12-8-10-15(2)17(20)4/h7,9,11,15,17-18,20H,8,10,12-13H2,1-6H3,(H,23,26)(H,24,27)/p+1/t15-,17-,18+,20+/m0/s1. The Balaban J connectivity index is 1.88. The zero-order valence-electron chi connectivity index (χ0n) is 17.7. The predicted octanol–water partition coefficient (Wildman–Crippen LogP) is 2.09. The van der Waals surface area contributed by atoms with Crippen molar-refractivity contribution in [2.75, 3.05) is 18.9 Å². The first kappa shape index (κ1) is 21.4. The Labute approximate surface area is 163 Å². The van der Waals surface area contributed by atoms with Crippen molar-refractivity contribution in [1.82, 2.24) is 5.32 Å². The molecular formula is C22H36N3O2+. The fourth-order valence-corrected chi connectivity index (χ4v) is 3.80. The van der Waals surface area contributed by atoms with Gasteiger partial charge in [-0.1, -0.05) is 38.8 Å². The van der Waals surface area contributed by atoms with E-state index in [9.17, 15) is 9.59 Å². The molecule has 0 saturated heterocycles. The van der Waals surface area contributed by atoms with Crippen LogP contribution in [-0.4, -0.2) is 37.5 Å². The highest BCUT2D eigenvalue weighted by molar-refractivity contribution is 5.92. The minimum absolute atomic E-state index is 0.0398. The topological polar surface area (TPSA) is 62.6 Å². The molecule has 5 heteroatoms. The number of likely N-dealkylation sites (N-methyl/N-ethyl adjacent to an activating group) is 1. The summed E-state index contributed by atoms with van der Waals surface area (Å²) in [5, 5.41) is 6.21. The number of aryl methyl sites for hydroxylation is 1. The van der Waals surface area contributed by atoms with Gasteiger partial charge in [0.1, 0.15) is 0 Å². The number of anilines is 1. The zero-order chi connectivity index (χ0) is 20.1. The zero-order valence-corrected chi connectivity index (χ0v) is 17.7. The molecule has 5 atom stereocenters. The highest BCUT2D eigenvalue weighted by Crippen LogP contribution is 2.29. The van der Waals surface area contributed by atoms with Crippen LogP contribution in [0.15, 0.2) is 18.2 Å². The lowest BCUT2D eigenvalue weighted by atomic mass is 9.78. The highest BCUT2D eigenvalue weighted by Gasteiger charge is 2.31. The Hall–Kier alpha value is -1.88. The summed E-state index contributed by atoms with van der Waals surface area (Å²) in [5.74, 6) is 1.12. The van der Waals surface area contributed by atoms with Gasteiger partial charge in [0.2, 0.25) is 0 Å². The molecule has 150 valence electrons. The third kappa shape index (κ3) is 5.55. The summed E-state index contributed by atoms with van der Waals surface area (Å²) >= 11 is 0. The van der Waals surface area contributed by atoms with E-state index >= 15 is 0 Å². The number of amides is 2. The second-order valence-corrected chi connectivity index (χ2v) is 8.42. The van der Waals surface area contributed by atoms with Gasteiger partial charge in [-0.15, -0.1) is 0 Å². The van der Waals surface area contributed by atoms with Crippen LogP contribution in [0.3, 0.4) is 0 Å². The smallest absolute Gasteiger partial charge is 0.279 e. The minimum atomic E-state index is -0.265. The Morgan fingerprint density at radius 3 is 2.63 bits per heavy atom. The van der Waals surface area contributed by atoms with Gasteiger partial charge in [-0.2, -0.15) is 0 Å². The number of nitrogens with one attached hydrogen (secondary N) is 3. The first-order chi connectivity index (χ1) is 12.7. The van der Waals surface area contributed by atoms with Gasteiger partial charge < -0.3 is 15.5 Å². The van der Waals surface area contributed by atoms with Crippen LogP contribution in [0.1, 0.15) is 51.2 Å². The van der Waals surface area contributed by atoms with Crippen molar-refractivity contribution in [3.63, 3.8) is 0 Å². The molecule has 0 bridgehead atoms. The summed E-state index contributed by atoms with van der Waals surface area (Å²) in [6, 6.07) is 5.87. The van der Waals surface area contributed by atoms with Crippen molar-refractivity contribution in [2.45, 2.75) is 66.0 Å². The van der Waals surface area contributed by atoms with Crippen molar-refractivity contribution < 1.29 is 14.5 Å². The maximum atomic E-state index is 12.7. The summed E-state index contributed by atoms with van der Waals surface area (Å²) < 4.78 is 0. The lowest BCUT2D eigenvalue weighted by molar-refractivity contribution is -0.885. The first-order valence-corrected chi connectivity index (χ1v) is 10.2. The summed E-state index contributed by atoms with van der Waals surface area (Å²) in [5.41, 5.74) is 3.07. The van der Waals surface area contributed by atoms with Gasteiger partial charge in [0, 0.05) is 11.7 Å². The lowest BCUT2D eigenvalue weighted by Crippen LogP contribution is -3.15. The Morgan fingerprint density at radius 1 is 1.22 bits per heavy atom. The van der Waals surface area contributed by atoms with Crippen LogP contribution in [0.2, 0.25) is 0 Å². The van der Waals surface area contributed by atoms with E-state index in [-0.39, 0.29) is 30.4 Å². The van der Waals surface area contributed by atoms with E-state index in [2.05, 4.69) is 24.5 Å². The molecule has 3 N–H and O–H groups in total. The van der Waals surface area contributed by atoms with E-state index in [1.165, 1.54) is 12.8 Å². The summed E-state index contributed by atoms with van der Waals surface area (Å²) in [6.07, 6.45) is 3.47. The number of quaternary nitrogens is 1. The average molecular weight is 375 g/mol. The van der Waals surface area contributed by atoms with E-state index in [4.69, 9.17) is 0 Å². The van der Waals surface area contributed by atoms with Gasteiger partial charge in [0.05, 0.1) is 7.05 Å². The Morgan fingerprint density at radius 2 is 1.93 bits per heavy atom. The summed E-state index contributed by atoms with van der Waals surface area (Å²) in [7, 11) is 1.90. The Kier molecular flexibility index (Phi) is 7.42. The van der Waals surface area contributed by atoms with Gasteiger partial charge in [0.15, 0.2) is 12.6 Å². The van der Waals surface area contributed by atoms with Crippen LogP contribution in [0.5, 0.6) is 0 Å². The van der Waals surface area contributed by atoms with E-state index in [0.717, 1.165) is 28.1 Å². The van der Waals surface area contributed by atoms with Crippen LogP contribution < -0.4 is 15.5 Å². The molecule has 0 radical (unpaired) electrons. The molecule has 1 aliphatic carbocycles. The largest absolute Gasteiger partial charge is 0.348 e. The minimum Gasteiger partial charge on any atom is -0.348 e. The highest BCUT2D eigenvalue weighted by atomic mass is 16.2. The van der Waals surface area contributed by atoms with Gasteiger partial charge in [-0.05, 0) is 56.2 Å². The molecule has 0 aliphatic heterocycles. The molecule has 27 heavy (non-hydrogen) atoms. The molecule has 1 aliphatic rings. The SMILES string of the molecule is Cc1cccc(NC(=O)C[NH+](C)[C@H](C)C(=O)N[C@@H]2CCC[C@H](C)[C@@H]2C)c1C. The van der Waals surface area contributed by atoms with Crippen LogP contribution in [-0.2, 0) is 9.59 Å². The fourth-order valence-electron chi connectivity index (χ4n) is 3.80. The number of benzene rings is 1. The molecule has 1 aromatic rings. The maximum absolute atomic E-state index is 12.7. The second kappa shape index (κ2) is 9.36. The fraction of sp³-hybridized carbons (Fsp3) is 0.636. The third-order valence-electron chi connectivity index (χ3n) is 6.49. The van der Waals surface area contributed by atoms with Gasteiger partial charge >= 0.3 is 0 Å². The number of rotatable bonds is 6. The van der Waals surface area contributed by atoms with Gasteiger partial charge in [0.25, 0.3) is 11.8 Å². The second-order valence-electron chi connectivity index (χ2n) is 8.42. The van der Waals surface area contributed by atoms with Crippen molar-refractivity contribution in [3.05, 3.63) is 29.3 Å². The molecule has 0 heterocycles. The molecule has 0 aromatic heterocycles. The summed E-state index contributed by atoms with van der Waals surface area (Å²) in [6.45, 7) is 10.7. The Bertz CT molecular complexity index is 674. The molecule has 1 aromatic carbocycles. The first-order valence-electron chi connectivity index (χ1n) is 10.2. The van der Waals surface area contributed by atoms with Crippen LogP contribution >= 0.6 is 0 Å². The number of hydrogen-bond donors (Lipinski definition) is 3. The number of carbonyl (C=O) groups excluding carboxylic acids is 2. The van der Waals surface area contributed by atoms with Crippen molar-refractivity contribution >= 4 is 17.5 Å². The van der Waals surface area contributed by atoms with Crippen molar-refractivity contribution in [1.29, 1.82) is 0 Å². The van der Waals surface area contributed by atoms with Crippen LogP contribution in [0.4, 0.5) is 5.69 Å². The number of carbonyl (C=O) groups is 2. The van der Waals surface area contributed by atoms with E-state index in [0.29, 0.717) is 11.8 Å². The van der Waals surface area contributed by atoms with Crippen molar-refractivity contribution in [3.8, 4) is 0 Å². The van der Waals surface area contributed by atoms with Crippen LogP contribution in [0.25, 0.3) is 0 Å². The maximum Gasteiger partial charge on any atom is 0.279 e. The quantitative estimate of drug-likeness (QED) is 0.714. The van der Waals surface area contributed by atoms with Crippen molar-refractivity contribution in [2.24, 2.45) is 11.8 Å². The van der Waals surface area contributed by atoms with E-state index < -0.39 is 0 Å².